The molecule has 1 atom stereocenters. The number of aromatic amines is 1. The number of benzene rings is 1. The fourth-order valence-electron chi connectivity index (χ4n) is 3.04. The van der Waals surface area contributed by atoms with Gasteiger partial charge in [-0.15, -0.1) is 5.10 Å². The number of hydrogen-bond acceptors (Lipinski definition) is 11. The highest BCUT2D eigenvalue weighted by Crippen LogP contribution is 2.37. The fourth-order valence-corrected chi connectivity index (χ4v) is 5.72. The number of nitrogens with one attached hydrogen (secondary N) is 3. The largest absolute Gasteiger partial charge is 0.390 e. The molecule has 1 aliphatic rings. The fraction of sp³-hybridized carbons (Fsp3) is 0.500. The van der Waals surface area contributed by atoms with Crippen LogP contribution in [0.4, 0.5) is 5.69 Å². The molecule has 3 rings (SSSR count). The van der Waals surface area contributed by atoms with Gasteiger partial charge >= 0.3 is 0 Å². The summed E-state index contributed by atoms with van der Waals surface area (Å²) in [6.07, 6.45) is 0.147. The zero-order valence-corrected chi connectivity index (χ0v) is 17.3. The van der Waals surface area contributed by atoms with Gasteiger partial charge in [0, 0.05) is 30.9 Å². The van der Waals surface area contributed by atoms with E-state index in [0.29, 0.717) is 12.8 Å². The molecule has 30 heavy (non-hydrogen) atoms. The van der Waals surface area contributed by atoms with Crippen LogP contribution in [0.15, 0.2) is 21.9 Å². The van der Waals surface area contributed by atoms with Crippen LogP contribution in [0.1, 0.15) is 12.8 Å². The summed E-state index contributed by atoms with van der Waals surface area (Å²) in [4.78, 5) is -1.30. The molecule has 0 radical (unpaired) electrons. The van der Waals surface area contributed by atoms with Gasteiger partial charge in [0.1, 0.15) is 9.79 Å². The van der Waals surface area contributed by atoms with Crippen LogP contribution in [-0.2, 0) is 20.0 Å². The number of hydrogen-bond donors (Lipinski definition) is 7. The maximum atomic E-state index is 12.8. The normalized spacial score (nSPS) is 20.5. The van der Waals surface area contributed by atoms with Crippen molar-refractivity contribution in [3.63, 3.8) is 0 Å². The Hall–Kier alpha value is -2.21. The summed E-state index contributed by atoms with van der Waals surface area (Å²) in [5.74, 6) is -0.0933. The monoisotopic (exact) mass is 461 g/mol. The van der Waals surface area contributed by atoms with Gasteiger partial charge in [0.15, 0.2) is 5.82 Å². The van der Waals surface area contributed by atoms with Crippen molar-refractivity contribution >= 4 is 25.7 Å². The van der Waals surface area contributed by atoms with Crippen LogP contribution in [0.2, 0.25) is 0 Å². The SMILES string of the molecule is NC[C@@H](O)CNS(=O)(=O)c1ccc(N[C@H]2C[C@H](N)C2)c(-c2nnn[nH]2)c1S(N)(=O)=O. The van der Waals surface area contributed by atoms with Crippen LogP contribution in [-0.4, -0.2) is 73.8 Å². The molecule has 0 aliphatic heterocycles. The van der Waals surface area contributed by atoms with Crippen LogP contribution in [0.25, 0.3) is 11.4 Å². The molecule has 0 saturated heterocycles. The molecule has 0 unspecified atom stereocenters. The highest BCUT2D eigenvalue weighted by molar-refractivity contribution is 7.92. The molecule has 14 nitrogen and oxygen atoms in total. The first kappa shape index (κ1) is 22.5. The van der Waals surface area contributed by atoms with Crippen LogP contribution < -0.4 is 26.6 Å². The van der Waals surface area contributed by atoms with Crippen LogP contribution in [0.3, 0.4) is 0 Å². The number of rotatable bonds is 9. The Labute approximate surface area is 172 Å². The Morgan fingerprint density at radius 1 is 1.27 bits per heavy atom. The number of H-pyrrole nitrogens is 1. The van der Waals surface area contributed by atoms with Crippen LogP contribution >= 0.6 is 0 Å². The molecule has 1 fully saturated rings. The molecule has 1 aromatic heterocycles. The number of sulfonamides is 2. The topological polar surface area (TPSA) is 245 Å². The second-order valence-electron chi connectivity index (χ2n) is 6.92. The zero-order valence-electron chi connectivity index (χ0n) is 15.7. The lowest BCUT2D eigenvalue weighted by Gasteiger charge is -2.34. The molecule has 1 aromatic carbocycles. The predicted octanol–water partition coefficient (Wildman–Crippen LogP) is -2.99. The molecule has 1 heterocycles. The molecule has 10 N–H and O–H groups in total. The van der Waals surface area contributed by atoms with E-state index in [0.717, 1.165) is 6.07 Å². The number of aliphatic hydroxyl groups is 1. The molecular formula is C14H23N9O5S2. The van der Waals surface area contributed by atoms with Crippen molar-refractivity contribution < 1.29 is 21.9 Å². The van der Waals surface area contributed by atoms with E-state index in [1.807, 2.05) is 0 Å². The summed E-state index contributed by atoms with van der Waals surface area (Å²) < 4.78 is 52.7. The standard InChI is InChI=1S/C14H23N9O5S2/c15-5-9(24)6-18-30(27,28)11-2-1-10(19-8-3-7(16)4-8)12(13(11)29(17,25)26)14-20-22-23-21-14/h1-2,7-9,18-19,24H,3-6,15-16H2,(H2,17,25,26)(H,20,21,22,23)/t7-,8-,9-/m1/s1. The number of nitrogens with two attached hydrogens (primary N) is 3. The molecule has 1 saturated carbocycles. The number of tetrazole rings is 1. The van der Waals surface area contributed by atoms with Gasteiger partial charge in [-0.2, -0.15) is 0 Å². The number of aliphatic hydroxyl groups excluding tert-OH is 1. The van der Waals surface area contributed by atoms with E-state index in [4.69, 9.17) is 16.6 Å². The average Bonchev–Trinajstić information content (AvgIpc) is 3.18. The Kier molecular flexibility index (Phi) is 6.37. The second-order valence-corrected chi connectivity index (χ2v) is 10.2. The Bertz CT molecular complexity index is 1100. The summed E-state index contributed by atoms with van der Waals surface area (Å²) in [5.41, 5.74) is 11.2. The summed E-state index contributed by atoms with van der Waals surface area (Å²) in [5, 5.41) is 31.1. The minimum absolute atomic E-state index is 0.0217. The minimum Gasteiger partial charge on any atom is -0.390 e. The minimum atomic E-state index is -4.56. The summed E-state index contributed by atoms with van der Waals surface area (Å²) in [6, 6.07) is 2.48. The highest BCUT2D eigenvalue weighted by atomic mass is 32.2. The van der Waals surface area contributed by atoms with E-state index in [-0.39, 0.29) is 35.7 Å². The second kappa shape index (κ2) is 8.50. The molecule has 1 aliphatic carbocycles. The Balaban J connectivity index is 2.16. The number of primary sulfonamides is 1. The first-order valence-electron chi connectivity index (χ1n) is 8.86. The van der Waals surface area contributed by atoms with Gasteiger partial charge in [0.2, 0.25) is 20.0 Å². The number of aromatic nitrogens is 4. The van der Waals surface area contributed by atoms with Crippen LogP contribution in [0, 0.1) is 0 Å². The van der Waals surface area contributed by atoms with Gasteiger partial charge in [-0.25, -0.2) is 31.8 Å². The number of anilines is 1. The number of nitrogens with zero attached hydrogens (tertiary/aromatic N) is 3. The van der Waals surface area contributed by atoms with Crippen molar-refractivity contribution in [1.29, 1.82) is 0 Å². The van der Waals surface area contributed by atoms with Crippen molar-refractivity contribution in [1.82, 2.24) is 25.3 Å². The summed E-state index contributed by atoms with van der Waals surface area (Å²) >= 11 is 0. The third-order valence-electron chi connectivity index (χ3n) is 4.59. The highest BCUT2D eigenvalue weighted by Gasteiger charge is 2.33. The lowest BCUT2D eigenvalue weighted by Crippen LogP contribution is -2.44. The Morgan fingerprint density at radius 3 is 2.50 bits per heavy atom. The molecule has 2 aromatic rings. The van der Waals surface area contributed by atoms with Gasteiger partial charge in [-0.05, 0) is 35.4 Å². The van der Waals surface area contributed by atoms with Crippen LogP contribution in [0.5, 0.6) is 0 Å². The zero-order chi connectivity index (χ0) is 22.1. The lowest BCUT2D eigenvalue weighted by molar-refractivity contribution is 0.186. The average molecular weight is 462 g/mol. The quantitative estimate of drug-likeness (QED) is 0.198. The van der Waals surface area contributed by atoms with Crippen molar-refractivity contribution in [2.45, 2.75) is 40.8 Å². The molecule has 166 valence electrons. The van der Waals surface area contributed by atoms with Crippen molar-refractivity contribution in [2.24, 2.45) is 16.6 Å². The maximum Gasteiger partial charge on any atom is 0.242 e. The molecule has 0 amide bonds. The van der Waals surface area contributed by atoms with Gasteiger partial charge in [-0.3, -0.25) is 0 Å². The van der Waals surface area contributed by atoms with E-state index in [2.05, 4.69) is 30.7 Å². The van der Waals surface area contributed by atoms with Crippen molar-refractivity contribution in [3.05, 3.63) is 12.1 Å². The predicted molar refractivity (Wildman–Crippen MR) is 106 cm³/mol. The molecule has 16 heteroatoms. The first-order valence-corrected chi connectivity index (χ1v) is 11.9. The third kappa shape index (κ3) is 4.75. The lowest BCUT2D eigenvalue weighted by atomic mass is 9.87. The summed E-state index contributed by atoms with van der Waals surface area (Å²) in [6.45, 7) is -0.603. The molecule has 0 spiro atoms. The van der Waals surface area contributed by atoms with Crippen molar-refractivity contribution in [2.75, 3.05) is 18.4 Å². The first-order chi connectivity index (χ1) is 14.0. The van der Waals surface area contributed by atoms with E-state index in [9.17, 15) is 21.9 Å². The van der Waals surface area contributed by atoms with E-state index < -0.39 is 42.5 Å². The van der Waals surface area contributed by atoms with E-state index >= 15 is 0 Å². The Morgan fingerprint density at radius 2 is 1.97 bits per heavy atom. The third-order valence-corrected chi connectivity index (χ3v) is 7.18. The maximum absolute atomic E-state index is 12.8. The van der Waals surface area contributed by atoms with Gasteiger partial charge < -0.3 is 21.9 Å². The summed E-state index contributed by atoms with van der Waals surface area (Å²) in [7, 11) is -8.96. The van der Waals surface area contributed by atoms with Gasteiger partial charge in [0.05, 0.1) is 11.7 Å². The smallest absolute Gasteiger partial charge is 0.242 e. The van der Waals surface area contributed by atoms with E-state index in [1.165, 1.54) is 6.07 Å². The molecular weight excluding hydrogens is 438 g/mol. The molecule has 0 bridgehead atoms. The van der Waals surface area contributed by atoms with Gasteiger partial charge in [0.25, 0.3) is 0 Å². The van der Waals surface area contributed by atoms with Gasteiger partial charge in [-0.1, -0.05) is 0 Å². The van der Waals surface area contributed by atoms with Crippen molar-refractivity contribution in [3.8, 4) is 11.4 Å². The van der Waals surface area contributed by atoms with E-state index in [1.54, 1.807) is 0 Å².